The van der Waals surface area contributed by atoms with Crippen molar-refractivity contribution < 1.29 is 14.6 Å². The molecule has 0 aromatic heterocycles. The maximum Gasteiger partial charge on any atom is 0.296 e. The van der Waals surface area contributed by atoms with Crippen molar-refractivity contribution in [2.75, 3.05) is 0 Å². The molecule has 3 nitrogen and oxygen atoms in total. The molecule has 0 aromatic carbocycles. The van der Waals surface area contributed by atoms with Gasteiger partial charge in [-0.2, -0.15) is 9.78 Å². The van der Waals surface area contributed by atoms with Crippen molar-refractivity contribution in [1.82, 2.24) is 0 Å². The second kappa shape index (κ2) is 1.91. The first-order valence-electron chi connectivity index (χ1n) is 4.69. The van der Waals surface area contributed by atoms with Crippen LogP contribution in [0.5, 0.6) is 0 Å². The van der Waals surface area contributed by atoms with Gasteiger partial charge in [0.25, 0.3) is 5.79 Å². The van der Waals surface area contributed by atoms with E-state index in [-0.39, 0.29) is 11.2 Å². The summed E-state index contributed by atoms with van der Waals surface area (Å²) in [4.78, 5) is 21.4. The molecule has 3 rings (SSSR count). The van der Waals surface area contributed by atoms with Gasteiger partial charge in [-0.05, 0) is 19.3 Å². The van der Waals surface area contributed by atoms with Crippen LogP contribution in [-0.4, -0.2) is 11.6 Å². The Morgan fingerprint density at radius 3 is 2.33 bits per heavy atom. The van der Waals surface area contributed by atoms with Crippen molar-refractivity contribution in [2.24, 2.45) is 5.41 Å². The third-order valence-corrected chi connectivity index (χ3v) is 3.71. The van der Waals surface area contributed by atoms with Crippen LogP contribution in [-0.2, 0) is 14.6 Å². The van der Waals surface area contributed by atoms with Gasteiger partial charge in [0.1, 0.15) is 0 Å². The topological polar surface area (TPSA) is 42.1 Å². The Kier molecular flexibility index (Phi) is 1.12. The molecule has 1 aliphatic heterocycles. The number of fused-ring (bicyclic) bond motifs is 1. The third kappa shape index (κ3) is 0.591. The van der Waals surface area contributed by atoms with E-state index in [0.29, 0.717) is 6.42 Å². The maximum absolute atomic E-state index is 11.5. The molecule has 66 valence electrons. The van der Waals surface area contributed by atoms with E-state index in [1.54, 1.807) is 0 Å². The molecular weight excluding hydrogens is 156 g/mol. The van der Waals surface area contributed by atoms with E-state index in [2.05, 4.69) is 0 Å². The first kappa shape index (κ1) is 7.04. The number of hydrogen-bond acceptors (Lipinski definition) is 3. The summed E-state index contributed by atoms with van der Waals surface area (Å²) in [5.41, 5.74) is 0.0735. The number of carbonyl (C=O) groups is 1. The summed E-state index contributed by atoms with van der Waals surface area (Å²) in [6.45, 7) is 0. The summed E-state index contributed by atoms with van der Waals surface area (Å²) in [5.74, 6) is -0.590. The summed E-state index contributed by atoms with van der Waals surface area (Å²) >= 11 is 0. The quantitative estimate of drug-likeness (QED) is 0.407. The van der Waals surface area contributed by atoms with Crippen molar-refractivity contribution in [2.45, 2.75) is 44.3 Å². The molecule has 0 unspecified atom stereocenters. The van der Waals surface area contributed by atoms with Gasteiger partial charge < -0.3 is 0 Å². The van der Waals surface area contributed by atoms with Gasteiger partial charge in [-0.1, -0.05) is 12.8 Å². The highest BCUT2D eigenvalue weighted by Crippen LogP contribution is 2.62. The molecule has 0 bridgehead atoms. The molecule has 2 aliphatic carbocycles. The molecule has 3 aliphatic rings. The minimum Gasteiger partial charge on any atom is -0.293 e. The van der Waals surface area contributed by atoms with Crippen molar-refractivity contribution >= 4 is 5.78 Å². The normalized spacial score (nSPS) is 35.2. The Hall–Kier alpha value is -0.410. The lowest BCUT2D eigenvalue weighted by Gasteiger charge is -2.22. The summed E-state index contributed by atoms with van der Waals surface area (Å²) < 4.78 is 0. The van der Waals surface area contributed by atoms with E-state index in [4.69, 9.17) is 9.78 Å². The van der Waals surface area contributed by atoms with Crippen LogP contribution in [0.4, 0.5) is 0 Å². The zero-order valence-electron chi connectivity index (χ0n) is 6.97. The first-order valence-corrected chi connectivity index (χ1v) is 4.69. The fourth-order valence-corrected chi connectivity index (χ4v) is 2.92. The molecule has 3 fully saturated rings. The van der Waals surface area contributed by atoms with Crippen molar-refractivity contribution in [3.63, 3.8) is 0 Å². The molecule has 0 atom stereocenters. The van der Waals surface area contributed by atoms with E-state index < -0.39 is 5.79 Å². The van der Waals surface area contributed by atoms with Crippen LogP contribution < -0.4 is 0 Å². The predicted molar refractivity (Wildman–Crippen MR) is 40.0 cm³/mol. The van der Waals surface area contributed by atoms with Crippen LogP contribution >= 0.6 is 0 Å². The minimum absolute atomic E-state index is 0.0735. The average Bonchev–Trinajstić information content (AvgIpc) is 2.69. The van der Waals surface area contributed by atoms with Gasteiger partial charge in [-0.3, -0.25) is 4.79 Å². The van der Waals surface area contributed by atoms with Gasteiger partial charge in [-0.15, -0.1) is 0 Å². The third-order valence-electron chi connectivity index (χ3n) is 3.71. The number of carbonyl (C=O) groups excluding carboxylic acids is 1. The second-order valence-corrected chi connectivity index (χ2v) is 4.19. The lowest BCUT2D eigenvalue weighted by atomic mass is 9.80. The molecular formula is C9H12O3. The lowest BCUT2D eigenvalue weighted by Crippen LogP contribution is -2.34. The average molecular weight is 168 g/mol. The van der Waals surface area contributed by atoms with Crippen molar-refractivity contribution in [1.29, 1.82) is 0 Å². The second-order valence-electron chi connectivity index (χ2n) is 4.19. The van der Waals surface area contributed by atoms with Gasteiger partial charge in [0, 0.05) is 11.8 Å². The van der Waals surface area contributed by atoms with Gasteiger partial charge in [0.2, 0.25) is 0 Å². The highest BCUT2D eigenvalue weighted by atomic mass is 17.4. The van der Waals surface area contributed by atoms with E-state index in [9.17, 15) is 4.79 Å². The SMILES string of the molecule is O=C1CCC2(CCCC2)C12OO2. The molecule has 12 heavy (non-hydrogen) atoms. The van der Waals surface area contributed by atoms with Crippen LogP contribution in [0.25, 0.3) is 0 Å². The van der Waals surface area contributed by atoms with Crippen LogP contribution in [0.1, 0.15) is 38.5 Å². The zero-order chi connectivity index (χ0) is 8.23. The van der Waals surface area contributed by atoms with Gasteiger partial charge in [0.05, 0.1) is 0 Å². The first-order chi connectivity index (χ1) is 5.79. The standard InChI is InChI=1S/C9H12O3/c10-7-3-6-8(4-1-2-5-8)9(7)11-12-9/h1-6H2. The fraction of sp³-hybridized carbons (Fsp3) is 0.889. The Morgan fingerprint density at radius 2 is 1.75 bits per heavy atom. The summed E-state index contributed by atoms with van der Waals surface area (Å²) in [5, 5.41) is 0. The van der Waals surface area contributed by atoms with Gasteiger partial charge in [-0.25, -0.2) is 0 Å². The Bertz CT molecular complexity index is 236. The van der Waals surface area contributed by atoms with Crippen LogP contribution in [0.2, 0.25) is 0 Å². The monoisotopic (exact) mass is 168 g/mol. The molecule has 0 amide bonds. The van der Waals surface area contributed by atoms with Crippen LogP contribution in [0, 0.1) is 5.41 Å². The minimum atomic E-state index is -0.760. The Balaban J connectivity index is 2.00. The van der Waals surface area contributed by atoms with E-state index >= 15 is 0 Å². The largest absolute Gasteiger partial charge is 0.296 e. The van der Waals surface area contributed by atoms with Crippen molar-refractivity contribution in [3.8, 4) is 0 Å². The van der Waals surface area contributed by atoms with Crippen molar-refractivity contribution in [3.05, 3.63) is 0 Å². The molecule has 1 heterocycles. The lowest BCUT2D eigenvalue weighted by molar-refractivity contribution is -0.124. The molecule has 0 radical (unpaired) electrons. The molecule has 0 aromatic rings. The number of hydrogen-bond donors (Lipinski definition) is 0. The zero-order valence-corrected chi connectivity index (χ0v) is 6.97. The Morgan fingerprint density at radius 1 is 1.08 bits per heavy atom. The molecule has 2 saturated carbocycles. The van der Waals surface area contributed by atoms with E-state index in [1.165, 1.54) is 12.8 Å². The highest BCUT2D eigenvalue weighted by molar-refractivity contribution is 5.90. The predicted octanol–water partition coefficient (Wildman–Crippen LogP) is 1.57. The fourth-order valence-electron chi connectivity index (χ4n) is 2.92. The summed E-state index contributed by atoms with van der Waals surface area (Å²) in [7, 11) is 0. The summed E-state index contributed by atoms with van der Waals surface area (Å²) in [6, 6.07) is 0. The highest BCUT2D eigenvalue weighted by Gasteiger charge is 2.73. The number of ketones is 1. The van der Waals surface area contributed by atoms with Gasteiger partial charge >= 0.3 is 0 Å². The number of rotatable bonds is 0. The Labute approximate surface area is 71.0 Å². The molecule has 2 spiro atoms. The van der Waals surface area contributed by atoms with E-state index in [1.807, 2.05) is 0 Å². The van der Waals surface area contributed by atoms with E-state index in [0.717, 1.165) is 19.3 Å². The molecule has 1 saturated heterocycles. The molecule has 0 N–H and O–H groups in total. The maximum atomic E-state index is 11.5. The van der Waals surface area contributed by atoms with Crippen LogP contribution in [0.3, 0.4) is 0 Å². The van der Waals surface area contributed by atoms with Gasteiger partial charge in [0.15, 0.2) is 5.78 Å². The van der Waals surface area contributed by atoms with Crippen LogP contribution in [0.15, 0.2) is 0 Å². The molecule has 3 heteroatoms. The smallest absolute Gasteiger partial charge is 0.293 e. The summed E-state index contributed by atoms with van der Waals surface area (Å²) in [6.07, 6.45) is 6.30. The number of Topliss-reactive ketones (excluding diaryl/α,β-unsaturated/α-hetero) is 1.